The maximum absolute atomic E-state index is 12.0. The molecule has 4 nitrogen and oxygen atoms in total. The highest BCUT2D eigenvalue weighted by Gasteiger charge is 2.28. The number of rotatable bonds is 3. The van der Waals surface area contributed by atoms with Crippen LogP contribution in [0.5, 0.6) is 0 Å². The van der Waals surface area contributed by atoms with E-state index in [1.165, 1.54) is 0 Å². The van der Waals surface area contributed by atoms with Gasteiger partial charge in [-0.25, -0.2) is 0 Å². The summed E-state index contributed by atoms with van der Waals surface area (Å²) in [5.41, 5.74) is 1.97. The van der Waals surface area contributed by atoms with Crippen molar-refractivity contribution in [2.24, 2.45) is 0 Å². The van der Waals surface area contributed by atoms with E-state index in [1.807, 2.05) is 18.2 Å². The van der Waals surface area contributed by atoms with Gasteiger partial charge in [0, 0.05) is 23.7 Å². The number of hydrogen-bond donors (Lipinski definition) is 0. The van der Waals surface area contributed by atoms with Crippen LogP contribution in [0.1, 0.15) is 18.4 Å². The van der Waals surface area contributed by atoms with E-state index in [-0.39, 0.29) is 12.2 Å². The largest absolute Gasteiger partial charge is 0.353 e. The summed E-state index contributed by atoms with van der Waals surface area (Å²) in [5, 5.41) is 0.656. The third-order valence-electron chi connectivity index (χ3n) is 3.47. The van der Waals surface area contributed by atoms with Gasteiger partial charge in [0.2, 0.25) is 5.91 Å². The molecule has 19 heavy (non-hydrogen) atoms. The molecule has 5 heteroatoms. The molecule has 0 N–H and O–H groups in total. The maximum atomic E-state index is 12.0. The summed E-state index contributed by atoms with van der Waals surface area (Å²) in [6.45, 7) is 2.08. The fourth-order valence-corrected chi connectivity index (χ4v) is 2.68. The molecule has 0 aliphatic carbocycles. The first-order valence-electron chi connectivity index (χ1n) is 6.56. The van der Waals surface area contributed by atoms with Crippen molar-refractivity contribution in [2.45, 2.75) is 25.6 Å². The van der Waals surface area contributed by atoms with Gasteiger partial charge in [0.15, 0.2) is 6.29 Å². The molecule has 0 spiro atoms. The highest BCUT2D eigenvalue weighted by atomic mass is 35.5. The molecule has 1 aromatic rings. The van der Waals surface area contributed by atoms with Crippen molar-refractivity contribution in [3.05, 3.63) is 28.8 Å². The third kappa shape index (κ3) is 2.76. The fraction of sp³-hybridized carbons (Fsp3) is 0.500. The minimum Gasteiger partial charge on any atom is -0.353 e. The normalized spacial score (nSPS) is 19.8. The lowest BCUT2D eigenvalue weighted by Gasteiger charge is -2.25. The Labute approximate surface area is 117 Å². The van der Waals surface area contributed by atoms with Crippen molar-refractivity contribution in [3.8, 4) is 0 Å². The number of fused-ring (bicyclic) bond motifs is 1. The van der Waals surface area contributed by atoms with Crippen LogP contribution in [0, 0.1) is 0 Å². The van der Waals surface area contributed by atoms with Crippen LogP contribution in [0.4, 0.5) is 5.69 Å². The molecule has 0 saturated carbocycles. The smallest absolute Gasteiger partial charge is 0.231 e. The van der Waals surface area contributed by atoms with E-state index >= 15 is 0 Å². The molecule has 1 fully saturated rings. The Bertz CT molecular complexity index is 486. The molecule has 0 unspecified atom stereocenters. The lowest BCUT2D eigenvalue weighted by molar-refractivity contribution is -0.179. The van der Waals surface area contributed by atoms with Crippen LogP contribution < -0.4 is 4.90 Å². The number of hydrogen-bond acceptors (Lipinski definition) is 3. The zero-order chi connectivity index (χ0) is 13.2. The van der Waals surface area contributed by atoms with Gasteiger partial charge in [-0.2, -0.15) is 0 Å². The van der Waals surface area contributed by atoms with Crippen molar-refractivity contribution < 1.29 is 14.3 Å². The highest BCUT2D eigenvalue weighted by molar-refractivity contribution is 6.31. The molecule has 2 aliphatic rings. The van der Waals surface area contributed by atoms with E-state index in [9.17, 15) is 4.79 Å². The second-order valence-electron chi connectivity index (χ2n) is 4.81. The Balaban J connectivity index is 1.67. The van der Waals surface area contributed by atoms with Crippen molar-refractivity contribution >= 4 is 23.2 Å². The fourth-order valence-electron chi connectivity index (χ4n) is 2.51. The van der Waals surface area contributed by atoms with E-state index in [2.05, 4.69) is 0 Å². The Kier molecular flexibility index (Phi) is 3.73. The number of ether oxygens (including phenoxy) is 2. The first-order chi connectivity index (χ1) is 9.24. The number of carbonyl (C=O) groups excluding carboxylic acids is 1. The van der Waals surface area contributed by atoms with Crippen LogP contribution in [0.2, 0.25) is 5.02 Å². The Hall–Kier alpha value is -1.10. The summed E-state index contributed by atoms with van der Waals surface area (Å²) in [7, 11) is 0. The first-order valence-corrected chi connectivity index (χ1v) is 6.94. The minimum absolute atomic E-state index is 0.119. The summed E-state index contributed by atoms with van der Waals surface area (Å²) in [5.74, 6) is 0.119. The van der Waals surface area contributed by atoms with Crippen LogP contribution in [0.15, 0.2) is 18.2 Å². The summed E-state index contributed by atoms with van der Waals surface area (Å²) in [6, 6.07) is 5.60. The van der Waals surface area contributed by atoms with Gasteiger partial charge < -0.3 is 14.4 Å². The quantitative estimate of drug-likeness (QED) is 0.854. The average Bonchev–Trinajstić information content (AvgIpc) is 2.73. The van der Waals surface area contributed by atoms with Gasteiger partial charge in [-0.3, -0.25) is 4.79 Å². The number of carbonyl (C=O) groups is 1. The zero-order valence-corrected chi connectivity index (χ0v) is 11.4. The van der Waals surface area contributed by atoms with Crippen LogP contribution in [0.25, 0.3) is 0 Å². The summed E-state index contributed by atoms with van der Waals surface area (Å²) >= 11 is 6.00. The zero-order valence-electron chi connectivity index (χ0n) is 10.6. The molecular weight excluding hydrogens is 266 g/mol. The summed E-state index contributed by atoms with van der Waals surface area (Å²) in [4.78, 5) is 13.8. The second kappa shape index (κ2) is 5.49. The molecule has 2 aliphatic heterocycles. The maximum Gasteiger partial charge on any atom is 0.231 e. The van der Waals surface area contributed by atoms with E-state index in [0.29, 0.717) is 24.4 Å². The van der Waals surface area contributed by atoms with Gasteiger partial charge in [0.1, 0.15) is 0 Å². The highest BCUT2D eigenvalue weighted by Crippen LogP contribution is 2.31. The van der Waals surface area contributed by atoms with Crippen LogP contribution in [-0.4, -0.2) is 32.0 Å². The molecule has 0 aromatic heterocycles. The topological polar surface area (TPSA) is 38.8 Å². The number of benzene rings is 1. The number of amides is 1. The van der Waals surface area contributed by atoms with Gasteiger partial charge in [-0.05, 0) is 24.1 Å². The Morgan fingerprint density at radius 2 is 2.11 bits per heavy atom. The lowest BCUT2D eigenvalue weighted by atomic mass is 10.2. The predicted molar refractivity (Wildman–Crippen MR) is 72.4 cm³/mol. The van der Waals surface area contributed by atoms with Gasteiger partial charge in [-0.1, -0.05) is 17.7 Å². The van der Waals surface area contributed by atoms with Crippen molar-refractivity contribution in [3.63, 3.8) is 0 Å². The SMILES string of the molecule is O=C1Cc2ccc(Cl)cc2N1CCC1OCCCO1. The Morgan fingerprint density at radius 3 is 2.89 bits per heavy atom. The summed E-state index contributed by atoms with van der Waals surface area (Å²) < 4.78 is 11.0. The minimum atomic E-state index is -0.190. The molecular formula is C14H16ClNO3. The molecule has 102 valence electrons. The van der Waals surface area contributed by atoms with Gasteiger partial charge in [0.05, 0.1) is 19.6 Å². The van der Waals surface area contributed by atoms with Crippen LogP contribution >= 0.6 is 11.6 Å². The van der Waals surface area contributed by atoms with E-state index in [4.69, 9.17) is 21.1 Å². The van der Waals surface area contributed by atoms with E-state index in [0.717, 1.165) is 30.9 Å². The second-order valence-corrected chi connectivity index (χ2v) is 5.24. The van der Waals surface area contributed by atoms with Gasteiger partial charge in [-0.15, -0.1) is 0 Å². The van der Waals surface area contributed by atoms with Gasteiger partial charge >= 0.3 is 0 Å². The number of anilines is 1. The monoisotopic (exact) mass is 281 g/mol. The summed E-state index contributed by atoms with van der Waals surface area (Å²) in [6.07, 6.45) is 1.90. The van der Waals surface area contributed by atoms with E-state index in [1.54, 1.807) is 4.90 Å². The van der Waals surface area contributed by atoms with Crippen molar-refractivity contribution in [1.82, 2.24) is 0 Å². The van der Waals surface area contributed by atoms with Crippen LogP contribution in [-0.2, 0) is 20.7 Å². The predicted octanol–water partition coefficient (Wildman–Crippen LogP) is 2.38. The average molecular weight is 282 g/mol. The number of nitrogens with zero attached hydrogens (tertiary/aromatic N) is 1. The van der Waals surface area contributed by atoms with Crippen molar-refractivity contribution in [2.75, 3.05) is 24.7 Å². The van der Waals surface area contributed by atoms with Crippen LogP contribution in [0.3, 0.4) is 0 Å². The van der Waals surface area contributed by atoms with E-state index < -0.39 is 0 Å². The van der Waals surface area contributed by atoms with Gasteiger partial charge in [0.25, 0.3) is 0 Å². The first kappa shape index (κ1) is 12.9. The lowest BCUT2D eigenvalue weighted by Crippen LogP contribution is -2.33. The Morgan fingerprint density at radius 1 is 1.32 bits per heavy atom. The molecule has 0 radical (unpaired) electrons. The molecule has 1 saturated heterocycles. The third-order valence-corrected chi connectivity index (χ3v) is 3.70. The number of halogens is 1. The molecule has 1 amide bonds. The molecule has 3 rings (SSSR count). The molecule has 2 heterocycles. The van der Waals surface area contributed by atoms with Crippen molar-refractivity contribution in [1.29, 1.82) is 0 Å². The molecule has 1 aromatic carbocycles. The molecule has 0 bridgehead atoms. The molecule has 0 atom stereocenters. The standard InChI is InChI=1S/C14H16ClNO3/c15-11-3-2-10-8-13(17)16(12(10)9-11)5-4-14-18-6-1-7-19-14/h2-3,9,14H,1,4-8H2.